The van der Waals surface area contributed by atoms with E-state index in [1.54, 1.807) is 56.7 Å². The molecule has 12 heteroatoms. The summed E-state index contributed by atoms with van der Waals surface area (Å²) in [5.41, 5.74) is 7.78. The first-order valence-corrected chi connectivity index (χ1v) is 13.6. The van der Waals surface area contributed by atoms with Gasteiger partial charge in [-0.25, -0.2) is 14.2 Å². The van der Waals surface area contributed by atoms with Crippen LogP contribution in [0, 0.1) is 5.92 Å². The summed E-state index contributed by atoms with van der Waals surface area (Å²) < 4.78 is 26.8. The number of aliphatic hydroxyl groups is 1. The van der Waals surface area contributed by atoms with Crippen molar-refractivity contribution >= 4 is 50.9 Å². The standard InChI is InChI=1S/C24H24N6O4S.C4H10O/c1-33-17-10-16(11-18(13-17)34-2)27-23-24(29-21-9-4-3-8-20(21)28-23)30-35(32)19-7-5-6-15(12-19)26-22(31)14-25;1-4(2)3-5/h3-13H,14,25H2,1-2H3,(H,26,31)(H,27,28)(H,29,30);4-5H,3H2,1-2H3. The number of ether oxygens (including phenoxy) is 2. The van der Waals surface area contributed by atoms with Gasteiger partial charge in [0.05, 0.1) is 36.7 Å². The molecule has 1 amide bonds. The van der Waals surface area contributed by atoms with Gasteiger partial charge in [-0.15, -0.1) is 0 Å². The summed E-state index contributed by atoms with van der Waals surface area (Å²) >= 11 is 0. The number of carbonyl (C=O) groups excluding carboxylic acids is 1. The van der Waals surface area contributed by atoms with Gasteiger partial charge >= 0.3 is 0 Å². The van der Waals surface area contributed by atoms with Crippen LogP contribution in [0.15, 0.2) is 71.6 Å². The second kappa shape index (κ2) is 14.8. The van der Waals surface area contributed by atoms with E-state index in [1.807, 2.05) is 38.1 Å². The minimum absolute atomic E-state index is 0.150. The summed E-state index contributed by atoms with van der Waals surface area (Å²) in [7, 11) is 1.42. The number of nitrogens with one attached hydrogen (secondary N) is 3. The van der Waals surface area contributed by atoms with Crippen molar-refractivity contribution in [1.82, 2.24) is 9.97 Å². The Hall–Kier alpha value is -4.26. The van der Waals surface area contributed by atoms with Gasteiger partial charge in [0, 0.05) is 36.2 Å². The number of methoxy groups -OCH3 is 2. The fourth-order valence-electron chi connectivity index (χ4n) is 3.22. The third kappa shape index (κ3) is 8.63. The zero-order valence-corrected chi connectivity index (χ0v) is 23.6. The van der Waals surface area contributed by atoms with Gasteiger partial charge in [0.1, 0.15) is 11.5 Å². The first kappa shape index (κ1) is 30.3. The van der Waals surface area contributed by atoms with Gasteiger partial charge in [-0.2, -0.15) is 0 Å². The van der Waals surface area contributed by atoms with Gasteiger partial charge in [0.15, 0.2) is 22.6 Å². The molecule has 0 fully saturated rings. The Morgan fingerprint density at radius 3 is 2.08 bits per heavy atom. The van der Waals surface area contributed by atoms with Crippen LogP contribution in [0.4, 0.5) is 23.0 Å². The summed E-state index contributed by atoms with van der Waals surface area (Å²) in [6.45, 7) is 4.10. The third-order valence-electron chi connectivity index (χ3n) is 5.26. The molecule has 0 bridgehead atoms. The number of nitrogens with two attached hydrogens (primary N) is 1. The smallest absolute Gasteiger partial charge is 0.238 e. The quantitative estimate of drug-likeness (QED) is 0.191. The van der Waals surface area contributed by atoms with Crippen molar-refractivity contribution in [3.63, 3.8) is 0 Å². The summed E-state index contributed by atoms with van der Waals surface area (Å²) in [4.78, 5) is 21.4. The zero-order valence-electron chi connectivity index (χ0n) is 22.8. The largest absolute Gasteiger partial charge is 0.497 e. The summed E-state index contributed by atoms with van der Waals surface area (Å²) in [5, 5.41) is 14.0. The molecule has 1 atom stereocenters. The second-order valence-corrected chi connectivity index (χ2v) is 10.1. The monoisotopic (exact) mass is 566 g/mol. The predicted molar refractivity (Wildman–Crippen MR) is 158 cm³/mol. The van der Waals surface area contributed by atoms with Crippen LogP contribution in [0.25, 0.3) is 11.0 Å². The van der Waals surface area contributed by atoms with Gasteiger partial charge < -0.3 is 30.9 Å². The number of anilines is 4. The van der Waals surface area contributed by atoms with Crippen LogP contribution in [-0.2, 0) is 15.8 Å². The Bertz CT molecular complexity index is 1440. The molecule has 0 aliphatic rings. The number of aromatic nitrogens is 2. The number of fused-ring (bicyclic) bond motifs is 1. The van der Waals surface area contributed by atoms with Gasteiger partial charge in [0.25, 0.3) is 0 Å². The molecule has 212 valence electrons. The number of benzene rings is 3. The number of nitrogens with zero attached hydrogens (tertiary/aromatic N) is 2. The molecule has 6 N–H and O–H groups in total. The fraction of sp³-hybridized carbons (Fsp3) is 0.250. The van der Waals surface area contributed by atoms with Gasteiger partial charge in [0.2, 0.25) is 5.91 Å². The topological polar surface area (TPSA) is 161 Å². The summed E-state index contributed by atoms with van der Waals surface area (Å²) in [6, 6.07) is 19.3. The van der Waals surface area contributed by atoms with Crippen LogP contribution in [-0.4, -0.2) is 52.6 Å². The van der Waals surface area contributed by atoms with Crippen molar-refractivity contribution in [2.24, 2.45) is 11.7 Å². The molecule has 4 rings (SSSR count). The number of hydrogen-bond acceptors (Lipinski definition) is 9. The van der Waals surface area contributed by atoms with E-state index in [0.29, 0.717) is 57.1 Å². The van der Waals surface area contributed by atoms with Crippen LogP contribution >= 0.6 is 0 Å². The van der Waals surface area contributed by atoms with Crippen molar-refractivity contribution < 1.29 is 23.6 Å². The molecule has 0 saturated heterocycles. The van der Waals surface area contributed by atoms with Crippen molar-refractivity contribution in [3.8, 4) is 11.5 Å². The molecule has 40 heavy (non-hydrogen) atoms. The lowest BCUT2D eigenvalue weighted by Gasteiger charge is -2.15. The summed E-state index contributed by atoms with van der Waals surface area (Å²) in [5.74, 6) is 1.92. The Morgan fingerprint density at radius 2 is 1.52 bits per heavy atom. The average Bonchev–Trinajstić information content (AvgIpc) is 2.97. The highest BCUT2D eigenvalue weighted by molar-refractivity contribution is 7.86. The van der Waals surface area contributed by atoms with Gasteiger partial charge in [-0.05, 0) is 36.2 Å². The molecule has 1 heterocycles. The fourth-order valence-corrected chi connectivity index (χ4v) is 4.09. The molecular weight excluding hydrogens is 532 g/mol. The molecule has 1 aromatic heterocycles. The highest BCUT2D eigenvalue weighted by Crippen LogP contribution is 2.31. The number of carbonyl (C=O) groups is 1. The zero-order chi connectivity index (χ0) is 29.1. The van der Waals surface area contributed by atoms with Crippen molar-refractivity contribution in [1.29, 1.82) is 0 Å². The number of amides is 1. The van der Waals surface area contributed by atoms with Crippen molar-refractivity contribution in [3.05, 3.63) is 66.7 Å². The van der Waals surface area contributed by atoms with Crippen LogP contribution in [0.3, 0.4) is 0 Å². The van der Waals surface area contributed by atoms with E-state index in [-0.39, 0.29) is 18.3 Å². The van der Waals surface area contributed by atoms with E-state index in [9.17, 15) is 9.00 Å². The summed E-state index contributed by atoms with van der Waals surface area (Å²) in [6.07, 6.45) is 0. The van der Waals surface area contributed by atoms with E-state index in [0.717, 1.165) is 0 Å². The van der Waals surface area contributed by atoms with E-state index in [1.165, 1.54) is 0 Å². The Balaban J connectivity index is 0.000000810. The molecule has 4 aromatic rings. The second-order valence-electron chi connectivity index (χ2n) is 8.86. The van der Waals surface area contributed by atoms with Crippen LogP contribution in [0.1, 0.15) is 13.8 Å². The normalized spacial score (nSPS) is 11.3. The average molecular weight is 567 g/mol. The molecular formula is C28H34N6O5S. The molecule has 3 aromatic carbocycles. The Morgan fingerprint density at radius 1 is 0.925 bits per heavy atom. The minimum Gasteiger partial charge on any atom is -0.497 e. The first-order chi connectivity index (χ1) is 19.3. The third-order valence-corrected chi connectivity index (χ3v) is 6.32. The lowest BCUT2D eigenvalue weighted by Crippen LogP contribution is -2.21. The number of aliphatic hydroxyl groups excluding tert-OH is 1. The van der Waals surface area contributed by atoms with Gasteiger partial charge in [-0.3, -0.25) is 9.52 Å². The molecule has 11 nitrogen and oxygen atoms in total. The van der Waals surface area contributed by atoms with E-state index in [2.05, 4.69) is 25.3 Å². The highest BCUT2D eigenvalue weighted by atomic mass is 32.2. The predicted octanol–water partition coefficient (Wildman–Crippen LogP) is 4.06. The maximum absolute atomic E-state index is 13.2. The van der Waals surface area contributed by atoms with E-state index in [4.69, 9.17) is 20.3 Å². The lowest BCUT2D eigenvalue weighted by molar-refractivity contribution is -0.114. The van der Waals surface area contributed by atoms with Crippen molar-refractivity contribution in [2.75, 3.05) is 42.7 Å². The van der Waals surface area contributed by atoms with Gasteiger partial charge in [-0.1, -0.05) is 32.0 Å². The maximum Gasteiger partial charge on any atom is 0.238 e. The highest BCUT2D eigenvalue weighted by Gasteiger charge is 2.15. The number of hydrogen-bond donors (Lipinski definition) is 5. The molecule has 0 spiro atoms. The van der Waals surface area contributed by atoms with Crippen LogP contribution in [0.5, 0.6) is 11.5 Å². The number of para-hydroxylation sites is 2. The molecule has 0 aliphatic carbocycles. The SMILES string of the molecule is CC(C)CO.COc1cc(Nc2nc3ccccc3nc2NS(=O)c2cccc(NC(=O)CN)c2)cc(OC)c1. The van der Waals surface area contributed by atoms with E-state index < -0.39 is 11.0 Å². The van der Waals surface area contributed by atoms with Crippen LogP contribution < -0.4 is 30.6 Å². The molecule has 1 unspecified atom stereocenters. The molecule has 0 radical (unpaired) electrons. The first-order valence-electron chi connectivity index (χ1n) is 12.4. The minimum atomic E-state index is -1.71. The molecule has 0 aliphatic heterocycles. The van der Waals surface area contributed by atoms with Crippen LogP contribution in [0.2, 0.25) is 0 Å². The Kier molecular flexibility index (Phi) is 11.2. The van der Waals surface area contributed by atoms with Crippen molar-refractivity contribution in [2.45, 2.75) is 18.7 Å². The molecule has 0 saturated carbocycles. The Labute approximate surface area is 235 Å². The lowest BCUT2D eigenvalue weighted by atomic mass is 10.2. The maximum atomic E-state index is 13.2. The van der Waals surface area contributed by atoms with E-state index >= 15 is 0 Å². The number of rotatable bonds is 10.